The molecule has 7 aromatic rings. The third-order valence-corrected chi connectivity index (χ3v) is 7.91. The Morgan fingerprint density at radius 3 is 2.28 bits per heavy atom. The Morgan fingerprint density at radius 2 is 1.34 bits per heavy atom. The van der Waals surface area contributed by atoms with Crippen molar-refractivity contribution in [2.24, 2.45) is 0 Å². The van der Waals surface area contributed by atoms with E-state index in [2.05, 4.69) is 109 Å². The van der Waals surface area contributed by atoms with E-state index in [4.69, 9.17) is 0 Å². The van der Waals surface area contributed by atoms with Gasteiger partial charge in [0.05, 0.1) is 16.6 Å². The molecule has 5 aromatic carbocycles. The van der Waals surface area contributed by atoms with Crippen LogP contribution in [-0.4, -0.2) is 4.40 Å². The fourth-order valence-corrected chi connectivity index (χ4v) is 6.44. The molecule has 1 aliphatic carbocycles. The Bertz CT molecular complexity index is 1900. The van der Waals surface area contributed by atoms with E-state index in [-0.39, 0.29) is 5.41 Å². The van der Waals surface area contributed by atoms with Gasteiger partial charge in [-0.3, -0.25) is 0 Å². The van der Waals surface area contributed by atoms with E-state index in [1.165, 1.54) is 71.1 Å². The summed E-state index contributed by atoms with van der Waals surface area (Å²) in [6.45, 7) is 4.73. The molecule has 2 heterocycles. The second kappa shape index (κ2) is 5.31. The van der Waals surface area contributed by atoms with Gasteiger partial charge >= 0.3 is 0 Å². The lowest BCUT2D eigenvalue weighted by atomic mass is 9.82. The molecule has 1 nitrogen and oxygen atoms in total. The van der Waals surface area contributed by atoms with E-state index in [0.717, 1.165) is 0 Å². The molecule has 0 radical (unpaired) electrons. The Hall–Kier alpha value is -3.84. The standard InChI is InChI=1S/C31H21N/c1-31(2)25-13-6-5-10-20(25)23-16-24-21-11-7-12-22-29-19-9-4-3-8-18(19)14-15-27(29)32(30(21)22)28(24)17-26(23)31/h3-17H,1-2H3. The summed E-state index contributed by atoms with van der Waals surface area (Å²) in [6.07, 6.45) is 0. The van der Waals surface area contributed by atoms with Crippen LogP contribution in [0.5, 0.6) is 0 Å². The average Bonchev–Trinajstić information content (AvgIpc) is 3.42. The van der Waals surface area contributed by atoms with Gasteiger partial charge in [-0.05, 0) is 51.2 Å². The van der Waals surface area contributed by atoms with Crippen molar-refractivity contribution in [3.05, 3.63) is 102 Å². The van der Waals surface area contributed by atoms with Crippen LogP contribution in [0.15, 0.2) is 91.0 Å². The highest BCUT2D eigenvalue weighted by Crippen LogP contribution is 2.51. The minimum Gasteiger partial charge on any atom is -0.308 e. The molecule has 0 bridgehead atoms. The Morgan fingerprint density at radius 1 is 0.562 bits per heavy atom. The van der Waals surface area contributed by atoms with E-state index >= 15 is 0 Å². The molecule has 2 aromatic heterocycles. The van der Waals surface area contributed by atoms with Crippen molar-refractivity contribution >= 4 is 48.9 Å². The van der Waals surface area contributed by atoms with Crippen LogP contribution in [0.4, 0.5) is 0 Å². The van der Waals surface area contributed by atoms with Gasteiger partial charge in [0.1, 0.15) is 0 Å². The number of rotatable bonds is 0. The van der Waals surface area contributed by atoms with Crippen LogP contribution in [0, 0.1) is 0 Å². The summed E-state index contributed by atoms with van der Waals surface area (Å²) >= 11 is 0. The van der Waals surface area contributed by atoms with Gasteiger partial charge in [-0.15, -0.1) is 0 Å². The van der Waals surface area contributed by atoms with Crippen molar-refractivity contribution in [2.45, 2.75) is 19.3 Å². The third kappa shape index (κ3) is 1.75. The minimum atomic E-state index is 0.00446. The molecule has 0 saturated carbocycles. The molecule has 0 spiro atoms. The van der Waals surface area contributed by atoms with E-state index in [0.29, 0.717) is 0 Å². The van der Waals surface area contributed by atoms with Gasteiger partial charge in [0.25, 0.3) is 0 Å². The molecule has 0 atom stereocenters. The number of benzene rings is 5. The molecule has 0 aliphatic heterocycles. The van der Waals surface area contributed by atoms with Gasteiger partial charge in [-0.2, -0.15) is 0 Å². The smallest absolute Gasteiger partial charge is 0.0620 e. The maximum atomic E-state index is 2.51. The SMILES string of the molecule is CC1(C)c2ccccc2-c2cc3c4cccc5c6c7ccccc7ccc6n(c3cc21)c45. The molecule has 8 rings (SSSR count). The fraction of sp³-hybridized carbons (Fsp3) is 0.0968. The zero-order chi connectivity index (χ0) is 21.2. The summed E-state index contributed by atoms with van der Waals surface area (Å²) in [7, 11) is 0. The zero-order valence-corrected chi connectivity index (χ0v) is 18.1. The predicted octanol–water partition coefficient (Wildman–Crippen LogP) is 8.30. The number of para-hydroxylation sites is 1. The summed E-state index contributed by atoms with van der Waals surface area (Å²) in [5.74, 6) is 0. The molecule has 1 aliphatic rings. The number of fused-ring (bicyclic) bond motifs is 11. The van der Waals surface area contributed by atoms with Gasteiger partial charge in [0.2, 0.25) is 0 Å². The van der Waals surface area contributed by atoms with E-state index in [1.807, 2.05) is 0 Å². The number of aromatic nitrogens is 1. The largest absolute Gasteiger partial charge is 0.308 e. The molecule has 32 heavy (non-hydrogen) atoms. The quantitative estimate of drug-likeness (QED) is 0.238. The highest BCUT2D eigenvalue weighted by Gasteiger charge is 2.36. The van der Waals surface area contributed by atoms with Crippen molar-refractivity contribution in [2.75, 3.05) is 0 Å². The van der Waals surface area contributed by atoms with Crippen molar-refractivity contribution in [3.8, 4) is 11.1 Å². The molecule has 1 heteroatoms. The molecule has 0 fully saturated rings. The van der Waals surface area contributed by atoms with Crippen LogP contribution in [0.1, 0.15) is 25.0 Å². The predicted molar refractivity (Wildman–Crippen MR) is 136 cm³/mol. The summed E-state index contributed by atoms with van der Waals surface area (Å²) in [5.41, 5.74) is 9.62. The third-order valence-electron chi connectivity index (χ3n) is 7.91. The Balaban J connectivity index is 1.63. The van der Waals surface area contributed by atoms with Gasteiger partial charge < -0.3 is 4.40 Å². The van der Waals surface area contributed by atoms with Gasteiger partial charge in [0, 0.05) is 27.0 Å². The van der Waals surface area contributed by atoms with E-state index < -0.39 is 0 Å². The van der Waals surface area contributed by atoms with Gasteiger partial charge in [0.15, 0.2) is 0 Å². The number of hydrogen-bond donors (Lipinski definition) is 0. The first-order chi connectivity index (χ1) is 15.6. The van der Waals surface area contributed by atoms with E-state index in [9.17, 15) is 0 Å². The summed E-state index contributed by atoms with van der Waals surface area (Å²) in [6, 6.07) is 34.0. The van der Waals surface area contributed by atoms with Crippen LogP contribution in [0.25, 0.3) is 60.0 Å². The summed E-state index contributed by atoms with van der Waals surface area (Å²) < 4.78 is 2.51. The van der Waals surface area contributed by atoms with Crippen molar-refractivity contribution < 1.29 is 0 Å². The van der Waals surface area contributed by atoms with Crippen LogP contribution in [0.2, 0.25) is 0 Å². The molecule has 150 valence electrons. The molecular formula is C31H21N. The Labute approximate surface area is 185 Å². The van der Waals surface area contributed by atoms with Gasteiger partial charge in [-0.25, -0.2) is 0 Å². The molecule has 0 unspecified atom stereocenters. The van der Waals surface area contributed by atoms with Crippen LogP contribution >= 0.6 is 0 Å². The second-order valence-corrected chi connectivity index (χ2v) is 9.80. The summed E-state index contributed by atoms with van der Waals surface area (Å²) in [5, 5.41) is 8.06. The highest BCUT2D eigenvalue weighted by atomic mass is 14.9. The fourth-order valence-electron chi connectivity index (χ4n) is 6.44. The van der Waals surface area contributed by atoms with Crippen LogP contribution in [0.3, 0.4) is 0 Å². The number of nitrogens with zero attached hydrogens (tertiary/aromatic N) is 1. The molecule has 0 N–H and O–H groups in total. The lowest BCUT2D eigenvalue weighted by molar-refractivity contribution is 0.661. The zero-order valence-electron chi connectivity index (χ0n) is 18.1. The first-order valence-electron chi connectivity index (χ1n) is 11.4. The molecule has 0 saturated heterocycles. The first-order valence-corrected chi connectivity index (χ1v) is 11.4. The monoisotopic (exact) mass is 407 g/mol. The summed E-state index contributed by atoms with van der Waals surface area (Å²) in [4.78, 5) is 0. The number of hydrogen-bond acceptors (Lipinski definition) is 0. The average molecular weight is 408 g/mol. The second-order valence-electron chi connectivity index (χ2n) is 9.80. The lowest BCUT2D eigenvalue weighted by Gasteiger charge is -2.21. The maximum Gasteiger partial charge on any atom is 0.0620 e. The molecule has 0 amide bonds. The van der Waals surface area contributed by atoms with Gasteiger partial charge in [-0.1, -0.05) is 86.6 Å². The lowest BCUT2D eigenvalue weighted by Crippen LogP contribution is -2.14. The molecular weight excluding hydrogens is 386 g/mol. The van der Waals surface area contributed by atoms with Crippen LogP contribution in [-0.2, 0) is 5.41 Å². The van der Waals surface area contributed by atoms with E-state index in [1.54, 1.807) is 0 Å². The van der Waals surface area contributed by atoms with Crippen molar-refractivity contribution in [1.29, 1.82) is 0 Å². The Kier molecular flexibility index (Phi) is 2.79. The highest BCUT2D eigenvalue weighted by molar-refractivity contribution is 6.28. The first kappa shape index (κ1) is 16.8. The van der Waals surface area contributed by atoms with Crippen molar-refractivity contribution in [3.63, 3.8) is 0 Å². The minimum absolute atomic E-state index is 0.00446. The van der Waals surface area contributed by atoms with Crippen molar-refractivity contribution in [1.82, 2.24) is 4.40 Å². The normalized spacial score (nSPS) is 14.8. The topological polar surface area (TPSA) is 4.41 Å². The van der Waals surface area contributed by atoms with Crippen LogP contribution < -0.4 is 0 Å². The maximum absolute atomic E-state index is 2.51.